The van der Waals surface area contributed by atoms with Crippen LogP contribution in [0.2, 0.25) is 0 Å². The van der Waals surface area contributed by atoms with Gasteiger partial charge in [-0.05, 0) is 35.4 Å². The fourth-order valence-corrected chi connectivity index (χ4v) is 2.07. The first-order chi connectivity index (χ1) is 12.2. The standard InChI is InChI=1S/C18H11F3N2O3/c19-18(20,21)15-4-2-1-3-12(15)9-13(10-22)16(24)23-14-7-5-11(6-8-14)17(25)26/h1-9H,(H,23,24)(H,25,26)/p-1/b13-9+. The lowest BCUT2D eigenvalue weighted by Gasteiger charge is -2.10. The summed E-state index contributed by atoms with van der Waals surface area (Å²) in [6.07, 6.45) is -3.79. The third-order valence-electron chi connectivity index (χ3n) is 3.31. The molecule has 1 amide bonds. The average Bonchev–Trinajstić information content (AvgIpc) is 2.59. The van der Waals surface area contributed by atoms with E-state index in [2.05, 4.69) is 5.32 Å². The van der Waals surface area contributed by atoms with Gasteiger partial charge >= 0.3 is 6.18 Å². The second-order valence-electron chi connectivity index (χ2n) is 5.07. The molecule has 8 heteroatoms. The molecule has 0 bridgehead atoms. The van der Waals surface area contributed by atoms with E-state index in [0.717, 1.165) is 18.2 Å². The van der Waals surface area contributed by atoms with Gasteiger partial charge in [0.25, 0.3) is 5.91 Å². The smallest absolute Gasteiger partial charge is 0.416 e. The largest absolute Gasteiger partial charge is 0.545 e. The van der Waals surface area contributed by atoms with Gasteiger partial charge in [0.1, 0.15) is 11.6 Å². The quantitative estimate of drug-likeness (QED) is 0.671. The van der Waals surface area contributed by atoms with Crippen molar-refractivity contribution in [3.05, 3.63) is 70.8 Å². The number of carboxylic acids is 1. The molecule has 0 aliphatic carbocycles. The van der Waals surface area contributed by atoms with Gasteiger partial charge in [-0.3, -0.25) is 4.79 Å². The summed E-state index contributed by atoms with van der Waals surface area (Å²) in [6, 6.07) is 11.0. The number of anilines is 1. The van der Waals surface area contributed by atoms with Crippen LogP contribution in [0.15, 0.2) is 54.1 Å². The monoisotopic (exact) mass is 359 g/mol. The van der Waals surface area contributed by atoms with Crippen molar-refractivity contribution < 1.29 is 27.9 Å². The molecule has 2 rings (SSSR count). The number of halogens is 3. The lowest BCUT2D eigenvalue weighted by atomic mass is 10.0. The predicted molar refractivity (Wildman–Crippen MR) is 84.4 cm³/mol. The van der Waals surface area contributed by atoms with Gasteiger partial charge in [0.15, 0.2) is 0 Å². The highest BCUT2D eigenvalue weighted by Gasteiger charge is 2.32. The Labute approximate surface area is 146 Å². The average molecular weight is 359 g/mol. The number of alkyl halides is 3. The van der Waals surface area contributed by atoms with Crippen LogP contribution in [0.5, 0.6) is 0 Å². The van der Waals surface area contributed by atoms with Gasteiger partial charge in [0.2, 0.25) is 0 Å². The Morgan fingerprint density at radius 3 is 2.23 bits per heavy atom. The third kappa shape index (κ3) is 4.48. The van der Waals surface area contributed by atoms with E-state index in [1.165, 1.54) is 36.4 Å². The highest BCUT2D eigenvalue weighted by molar-refractivity contribution is 6.09. The fourth-order valence-electron chi connectivity index (χ4n) is 2.07. The van der Waals surface area contributed by atoms with E-state index in [1.807, 2.05) is 0 Å². The number of hydrogen-bond donors (Lipinski definition) is 1. The number of carbonyl (C=O) groups excluding carboxylic acids is 2. The molecule has 0 saturated heterocycles. The Morgan fingerprint density at radius 2 is 1.69 bits per heavy atom. The highest BCUT2D eigenvalue weighted by Crippen LogP contribution is 2.32. The van der Waals surface area contributed by atoms with Crippen molar-refractivity contribution >= 4 is 23.6 Å². The van der Waals surface area contributed by atoms with Crippen molar-refractivity contribution in [3.8, 4) is 6.07 Å². The zero-order chi connectivity index (χ0) is 19.3. The molecule has 26 heavy (non-hydrogen) atoms. The van der Waals surface area contributed by atoms with Crippen LogP contribution in [-0.2, 0) is 11.0 Å². The Hall–Kier alpha value is -3.60. The summed E-state index contributed by atoms with van der Waals surface area (Å²) < 4.78 is 39.0. The minimum Gasteiger partial charge on any atom is -0.545 e. The van der Waals surface area contributed by atoms with Crippen LogP contribution in [0.25, 0.3) is 6.08 Å². The number of carbonyl (C=O) groups is 2. The number of hydrogen-bond acceptors (Lipinski definition) is 4. The molecule has 1 N–H and O–H groups in total. The molecule has 0 aliphatic rings. The van der Waals surface area contributed by atoms with Gasteiger partial charge in [-0.15, -0.1) is 0 Å². The van der Waals surface area contributed by atoms with Crippen molar-refractivity contribution in [3.63, 3.8) is 0 Å². The molecule has 0 unspecified atom stereocenters. The van der Waals surface area contributed by atoms with E-state index in [4.69, 9.17) is 5.26 Å². The van der Waals surface area contributed by atoms with Crippen LogP contribution >= 0.6 is 0 Å². The van der Waals surface area contributed by atoms with Crippen LogP contribution in [-0.4, -0.2) is 11.9 Å². The third-order valence-corrected chi connectivity index (χ3v) is 3.31. The molecule has 132 valence electrons. The van der Waals surface area contributed by atoms with Crippen LogP contribution < -0.4 is 10.4 Å². The minimum atomic E-state index is -4.63. The van der Waals surface area contributed by atoms with Gasteiger partial charge in [0, 0.05) is 5.69 Å². The van der Waals surface area contributed by atoms with Crippen molar-refractivity contribution in [2.45, 2.75) is 6.18 Å². The number of benzene rings is 2. The maximum atomic E-state index is 13.0. The van der Waals surface area contributed by atoms with Crippen LogP contribution in [0.3, 0.4) is 0 Å². The topological polar surface area (TPSA) is 93.0 Å². The molecular weight excluding hydrogens is 349 g/mol. The first kappa shape index (κ1) is 18.7. The van der Waals surface area contributed by atoms with Gasteiger partial charge in [-0.2, -0.15) is 18.4 Å². The van der Waals surface area contributed by atoms with E-state index in [9.17, 15) is 27.9 Å². The summed E-state index contributed by atoms with van der Waals surface area (Å²) in [7, 11) is 0. The Balaban J connectivity index is 2.28. The summed E-state index contributed by atoms with van der Waals surface area (Å²) in [4.78, 5) is 22.8. The van der Waals surface area contributed by atoms with Gasteiger partial charge in [-0.1, -0.05) is 30.3 Å². The number of nitrogens with one attached hydrogen (secondary N) is 1. The molecule has 0 spiro atoms. The predicted octanol–water partition coefficient (Wildman–Crippen LogP) is 2.61. The minimum absolute atomic E-state index is 0.113. The SMILES string of the molecule is N#C/C(=C\c1ccccc1C(F)(F)F)C(=O)Nc1ccc(C(=O)[O-])cc1. The summed E-state index contributed by atoms with van der Waals surface area (Å²) in [5.41, 5.74) is -1.77. The lowest BCUT2D eigenvalue weighted by Crippen LogP contribution is -2.22. The number of amides is 1. The first-order valence-electron chi connectivity index (χ1n) is 7.13. The molecule has 2 aromatic carbocycles. The van der Waals surface area contributed by atoms with Gasteiger partial charge in [-0.25, -0.2) is 0 Å². The zero-order valence-corrected chi connectivity index (χ0v) is 13.0. The molecule has 2 aromatic rings. The van der Waals surface area contributed by atoms with Crippen molar-refractivity contribution in [2.24, 2.45) is 0 Å². The molecule has 5 nitrogen and oxygen atoms in total. The molecule has 0 aromatic heterocycles. The van der Waals surface area contributed by atoms with E-state index in [0.29, 0.717) is 0 Å². The van der Waals surface area contributed by atoms with E-state index >= 15 is 0 Å². The lowest BCUT2D eigenvalue weighted by molar-refractivity contribution is -0.255. The van der Waals surface area contributed by atoms with Crippen LogP contribution in [0, 0.1) is 11.3 Å². The fraction of sp³-hybridized carbons (Fsp3) is 0.0556. The molecule has 0 saturated carbocycles. The number of aromatic carboxylic acids is 1. The number of nitrogens with zero attached hydrogens (tertiary/aromatic N) is 1. The molecule has 0 radical (unpaired) electrons. The van der Waals surface area contributed by atoms with Gasteiger partial charge in [0.05, 0.1) is 11.5 Å². The molecule has 0 fully saturated rings. The summed E-state index contributed by atoms with van der Waals surface area (Å²) >= 11 is 0. The van der Waals surface area contributed by atoms with E-state index < -0.39 is 29.2 Å². The normalized spacial score (nSPS) is 11.5. The molecule has 0 aliphatic heterocycles. The Morgan fingerprint density at radius 1 is 1.08 bits per heavy atom. The van der Waals surface area contributed by atoms with Crippen LogP contribution in [0.1, 0.15) is 21.5 Å². The second kappa shape index (κ2) is 7.53. The molecular formula is C18H10F3N2O3-. The highest BCUT2D eigenvalue weighted by atomic mass is 19.4. The summed E-state index contributed by atoms with van der Waals surface area (Å²) in [6.45, 7) is 0. The zero-order valence-electron chi connectivity index (χ0n) is 13.0. The van der Waals surface area contributed by atoms with Crippen molar-refractivity contribution in [2.75, 3.05) is 5.32 Å². The van der Waals surface area contributed by atoms with Crippen LogP contribution in [0.4, 0.5) is 18.9 Å². The first-order valence-corrected chi connectivity index (χ1v) is 7.13. The van der Waals surface area contributed by atoms with E-state index in [1.54, 1.807) is 6.07 Å². The molecule has 0 heterocycles. The number of carboxylic acid groups (broad SMARTS) is 1. The Bertz CT molecular complexity index is 911. The van der Waals surface area contributed by atoms with E-state index in [-0.39, 0.29) is 16.8 Å². The number of rotatable bonds is 4. The second-order valence-corrected chi connectivity index (χ2v) is 5.07. The number of nitriles is 1. The molecule has 0 atom stereocenters. The Kier molecular flexibility index (Phi) is 5.42. The maximum absolute atomic E-state index is 13.0. The summed E-state index contributed by atoms with van der Waals surface area (Å²) in [5, 5.41) is 22.1. The van der Waals surface area contributed by atoms with Gasteiger partial charge < -0.3 is 15.2 Å². The maximum Gasteiger partial charge on any atom is 0.416 e. The van der Waals surface area contributed by atoms with Crippen molar-refractivity contribution in [1.82, 2.24) is 0 Å². The van der Waals surface area contributed by atoms with Crippen molar-refractivity contribution in [1.29, 1.82) is 5.26 Å². The summed E-state index contributed by atoms with van der Waals surface area (Å²) in [5.74, 6) is -2.32.